The van der Waals surface area contributed by atoms with Crippen molar-refractivity contribution in [3.63, 3.8) is 0 Å². The fraction of sp³-hybridized carbons (Fsp3) is 0.209. The van der Waals surface area contributed by atoms with Crippen molar-refractivity contribution in [3.8, 4) is 5.75 Å². The number of aromatic nitrogens is 1. The van der Waals surface area contributed by atoms with E-state index >= 15 is 0 Å². The van der Waals surface area contributed by atoms with Crippen LogP contribution >= 0.6 is 0 Å². The Labute approximate surface area is 293 Å². The van der Waals surface area contributed by atoms with Crippen LogP contribution in [0.25, 0.3) is 10.9 Å². The third-order valence-corrected chi connectivity index (χ3v) is 9.06. The molecule has 0 fully saturated rings. The molecule has 0 radical (unpaired) electrons. The summed E-state index contributed by atoms with van der Waals surface area (Å²) < 4.78 is 11.0. The Balaban J connectivity index is 1.03. The van der Waals surface area contributed by atoms with E-state index in [0.717, 1.165) is 42.3 Å². The number of esters is 1. The third-order valence-electron chi connectivity index (χ3n) is 9.06. The van der Waals surface area contributed by atoms with Crippen molar-refractivity contribution in [1.82, 2.24) is 10.3 Å². The molecular formula is C43H44N3O4+. The van der Waals surface area contributed by atoms with Crippen molar-refractivity contribution in [2.45, 2.75) is 44.2 Å². The first kappa shape index (κ1) is 34.2. The van der Waals surface area contributed by atoms with Gasteiger partial charge in [-0.2, -0.15) is 0 Å². The molecule has 4 N–H and O–H groups in total. The second-order valence-electron chi connectivity index (χ2n) is 12.4. The number of hydrogen-bond acceptors (Lipinski definition) is 4. The lowest BCUT2D eigenvalue weighted by molar-refractivity contribution is -0.716. The molecule has 0 atom stereocenters. The second-order valence-corrected chi connectivity index (χ2v) is 12.4. The minimum absolute atomic E-state index is 0.241. The van der Waals surface area contributed by atoms with Gasteiger partial charge in [-0.05, 0) is 42.2 Å². The molecule has 50 heavy (non-hydrogen) atoms. The maximum Gasteiger partial charge on any atom is 0.407 e. The quantitative estimate of drug-likeness (QED) is 0.0428. The number of alkyl carbamates (subject to hydrolysis) is 1. The highest BCUT2D eigenvalue weighted by Crippen LogP contribution is 2.33. The molecule has 0 aliphatic heterocycles. The van der Waals surface area contributed by atoms with Gasteiger partial charge in [0, 0.05) is 53.2 Å². The average molecular weight is 667 g/mol. The van der Waals surface area contributed by atoms with E-state index in [1.54, 1.807) is 0 Å². The number of H-pyrrole nitrogens is 1. The number of hydrogen-bond donors (Lipinski definition) is 3. The predicted octanol–water partition coefficient (Wildman–Crippen LogP) is 7.66. The Bertz CT molecular complexity index is 1850. The summed E-state index contributed by atoms with van der Waals surface area (Å²) in [5, 5.41) is 6.26. The van der Waals surface area contributed by atoms with Crippen LogP contribution in [0, 0.1) is 0 Å². The molecular weight excluding hydrogens is 622 g/mol. The summed E-state index contributed by atoms with van der Waals surface area (Å²) in [5.41, 5.74) is 6.38. The molecule has 1 heterocycles. The van der Waals surface area contributed by atoms with Gasteiger partial charge in [0.05, 0.1) is 6.54 Å². The van der Waals surface area contributed by atoms with Gasteiger partial charge in [-0.25, -0.2) is 4.79 Å². The van der Waals surface area contributed by atoms with Gasteiger partial charge in [-0.15, -0.1) is 0 Å². The third kappa shape index (κ3) is 8.67. The lowest BCUT2D eigenvalue weighted by atomic mass is 9.77. The first-order chi connectivity index (χ1) is 24.6. The molecule has 6 rings (SSSR count). The summed E-state index contributed by atoms with van der Waals surface area (Å²) in [6.45, 7) is 1.57. The van der Waals surface area contributed by atoms with Crippen molar-refractivity contribution in [3.05, 3.63) is 174 Å². The summed E-state index contributed by atoms with van der Waals surface area (Å²) in [6, 6.07) is 47.4. The van der Waals surface area contributed by atoms with Crippen LogP contribution in [0.2, 0.25) is 0 Å². The van der Waals surface area contributed by atoms with Gasteiger partial charge in [0.25, 0.3) is 0 Å². The number of amides is 1. The number of aromatic amines is 1. The summed E-state index contributed by atoms with van der Waals surface area (Å²) >= 11 is 0. The highest BCUT2D eigenvalue weighted by Gasteiger charge is 2.39. The van der Waals surface area contributed by atoms with Crippen LogP contribution < -0.4 is 15.4 Å². The maximum atomic E-state index is 12.7. The van der Waals surface area contributed by atoms with Crippen LogP contribution in [0.1, 0.15) is 53.5 Å². The van der Waals surface area contributed by atoms with Crippen molar-refractivity contribution >= 4 is 23.0 Å². The lowest BCUT2D eigenvalue weighted by Crippen LogP contribution is -2.96. The van der Waals surface area contributed by atoms with Crippen LogP contribution in [0.4, 0.5) is 4.79 Å². The monoisotopic (exact) mass is 666 g/mol. The summed E-state index contributed by atoms with van der Waals surface area (Å²) in [5.74, 6) is 0.283. The van der Waals surface area contributed by atoms with Gasteiger partial charge in [-0.3, -0.25) is 4.79 Å². The number of carbonyl (C=O) groups is 2. The number of fused-ring (bicyclic) bond motifs is 1. The summed E-state index contributed by atoms with van der Waals surface area (Å²) in [6.07, 6.45) is 4.98. The Morgan fingerprint density at radius 2 is 1.30 bits per heavy atom. The molecule has 0 aliphatic rings. The highest BCUT2D eigenvalue weighted by molar-refractivity contribution is 5.85. The van der Waals surface area contributed by atoms with Crippen molar-refractivity contribution in [2.75, 3.05) is 13.1 Å². The smallest absolute Gasteiger partial charge is 0.407 e. The maximum absolute atomic E-state index is 12.7. The van der Waals surface area contributed by atoms with Crippen molar-refractivity contribution in [1.29, 1.82) is 0 Å². The first-order valence-corrected chi connectivity index (χ1v) is 17.4. The van der Waals surface area contributed by atoms with Gasteiger partial charge < -0.3 is 25.1 Å². The van der Waals surface area contributed by atoms with Crippen LogP contribution in [-0.2, 0) is 28.1 Å². The molecule has 0 unspecified atom stereocenters. The Morgan fingerprint density at radius 3 is 1.92 bits per heavy atom. The molecule has 0 aliphatic carbocycles. The Hall–Kier alpha value is -5.66. The Kier molecular flexibility index (Phi) is 11.7. The number of rotatable bonds is 16. The number of benzene rings is 5. The van der Waals surface area contributed by atoms with Crippen LogP contribution in [0.5, 0.6) is 5.75 Å². The molecule has 0 saturated carbocycles. The fourth-order valence-corrected chi connectivity index (χ4v) is 6.55. The number of ether oxygens (including phenoxy) is 2. The topological polar surface area (TPSA) is 97.0 Å². The molecule has 7 nitrogen and oxygen atoms in total. The van der Waals surface area contributed by atoms with E-state index < -0.39 is 11.6 Å². The van der Waals surface area contributed by atoms with E-state index in [2.05, 4.69) is 113 Å². The number of unbranched alkanes of at least 4 members (excludes halogenated alkanes) is 2. The van der Waals surface area contributed by atoms with E-state index in [1.165, 1.54) is 22.3 Å². The zero-order valence-corrected chi connectivity index (χ0v) is 28.2. The predicted molar refractivity (Wildman–Crippen MR) is 197 cm³/mol. The van der Waals surface area contributed by atoms with Crippen LogP contribution in [0.3, 0.4) is 0 Å². The molecule has 6 aromatic rings. The minimum Gasteiger partial charge on any atom is -0.445 e. The molecule has 0 spiro atoms. The molecule has 7 heteroatoms. The SMILES string of the molecule is O=C(CCCCCNC(=O)OCc1ccccc1)Oc1ccc2[nH]cc(CC[NH2+]C(c3ccccc3)(c3ccccc3)c3ccccc3)c2c1. The van der Waals surface area contributed by atoms with E-state index in [9.17, 15) is 9.59 Å². The van der Waals surface area contributed by atoms with E-state index in [1.807, 2.05) is 48.5 Å². The molecule has 254 valence electrons. The molecule has 1 aromatic heterocycles. The van der Waals surface area contributed by atoms with Crippen molar-refractivity contribution in [2.24, 2.45) is 0 Å². The average Bonchev–Trinajstić information content (AvgIpc) is 3.57. The summed E-state index contributed by atoms with van der Waals surface area (Å²) in [4.78, 5) is 28.0. The molecule has 1 amide bonds. The number of carbonyl (C=O) groups excluding carboxylic acids is 2. The highest BCUT2D eigenvalue weighted by atomic mass is 16.5. The van der Waals surface area contributed by atoms with Crippen LogP contribution in [-0.4, -0.2) is 30.1 Å². The van der Waals surface area contributed by atoms with Gasteiger partial charge >= 0.3 is 12.1 Å². The number of nitrogens with one attached hydrogen (secondary N) is 2. The largest absolute Gasteiger partial charge is 0.445 e. The molecule has 0 saturated heterocycles. The van der Waals surface area contributed by atoms with Gasteiger partial charge in [0.1, 0.15) is 12.4 Å². The molecule has 5 aromatic carbocycles. The van der Waals surface area contributed by atoms with E-state index in [0.29, 0.717) is 25.1 Å². The summed E-state index contributed by atoms with van der Waals surface area (Å²) in [7, 11) is 0. The standard InChI is InChI=1S/C43H43N3O4/c47-41(24-14-5-15-28-44-42(48)49-32-33-16-6-1-7-17-33)50-38-25-26-40-39(30-38)34(31-45-40)27-29-46-43(35-18-8-2-9-19-35,36-20-10-3-11-21-36)37-22-12-4-13-23-37/h1-4,6-13,16-23,25-26,30-31,45-46H,5,14-15,24,27-29,32H2,(H,44,48)/p+1. The fourth-order valence-electron chi connectivity index (χ4n) is 6.55. The van der Waals surface area contributed by atoms with E-state index in [4.69, 9.17) is 9.47 Å². The Morgan fingerprint density at radius 1 is 0.700 bits per heavy atom. The van der Waals surface area contributed by atoms with Gasteiger partial charge in [0.2, 0.25) is 0 Å². The zero-order valence-electron chi connectivity index (χ0n) is 28.2. The normalized spacial score (nSPS) is 11.3. The van der Waals surface area contributed by atoms with E-state index in [-0.39, 0.29) is 12.6 Å². The minimum atomic E-state index is -0.437. The first-order valence-electron chi connectivity index (χ1n) is 17.4. The number of nitrogens with two attached hydrogens (primary N) is 1. The second kappa shape index (κ2) is 17.1. The van der Waals surface area contributed by atoms with Crippen LogP contribution in [0.15, 0.2) is 146 Å². The molecule has 0 bridgehead atoms. The van der Waals surface area contributed by atoms with Crippen molar-refractivity contribution < 1.29 is 24.4 Å². The lowest BCUT2D eigenvalue weighted by Gasteiger charge is -2.33. The number of quaternary nitrogens is 1. The zero-order chi connectivity index (χ0) is 34.4. The van der Waals surface area contributed by atoms with Gasteiger partial charge in [0.15, 0.2) is 5.54 Å². The van der Waals surface area contributed by atoms with Gasteiger partial charge in [-0.1, -0.05) is 128 Å².